The second-order valence-electron chi connectivity index (χ2n) is 13.8. The summed E-state index contributed by atoms with van der Waals surface area (Å²) in [6.45, 7) is 9.06. The summed E-state index contributed by atoms with van der Waals surface area (Å²) >= 11 is 6.44. The number of methoxy groups -OCH3 is 1. The molecule has 0 spiro atoms. The molecule has 2 aliphatic heterocycles. The number of sulfonamides is 1. The number of benzene rings is 1. The highest BCUT2D eigenvalue weighted by Gasteiger charge is 2.39. The van der Waals surface area contributed by atoms with Crippen molar-refractivity contribution >= 4 is 33.2 Å². The zero-order chi connectivity index (χ0) is 32.9. The fourth-order valence-corrected chi connectivity index (χ4v) is 9.44. The number of allylic oxidation sites excluding steroid dienone is 4. The van der Waals surface area contributed by atoms with Crippen LogP contribution in [0.4, 0.5) is 5.69 Å². The highest BCUT2D eigenvalue weighted by molar-refractivity contribution is 7.90. The molecule has 0 aromatic heterocycles. The molecule has 2 unspecified atom stereocenters. The first-order valence-electron chi connectivity index (χ1n) is 17.0. The van der Waals surface area contributed by atoms with Crippen molar-refractivity contribution in [3.8, 4) is 5.75 Å². The summed E-state index contributed by atoms with van der Waals surface area (Å²) in [6.07, 6.45) is 16.5. The third kappa shape index (κ3) is 8.03. The van der Waals surface area contributed by atoms with Crippen LogP contribution in [0.2, 0.25) is 0 Å². The summed E-state index contributed by atoms with van der Waals surface area (Å²) in [7, 11) is -2.25. The largest absolute Gasteiger partial charge is 0.490 e. The number of ether oxygens (including phenoxy) is 3. The number of anilines is 1. The number of rotatable bonds is 5. The first-order chi connectivity index (χ1) is 22.0. The van der Waals surface area contributed by atoms with Gasteiger partial charge in [0.15, 0.2) is 0 Å². The monoisotopic (exact) mass is 674 g/mol. The Kier molecular flexibility index (Phi) is 11.6. The fraction of sp³-hybridized carbons (Fsp3) is 0.639. The number of halogens is 1. The fourth-order valence-electron chi connectivity index (χ4n) is 7.54. The van der Waals surface area contributed by atoms with Gasteiger partial charge in [-0.1, -0.05) is 63.1 Å². The van der Waals surface area contributed by atoms with Gasteiger partial charge in [0.25, 0.3) is 5.91 Å². The first-order valence-corrected chi connectivity index (χ1v) is 18.9. The van der Waals surface area contributed by atoms with Gasteiger partial charge in [-0.05, 0) is 86.5 Å². The molecule has 46 heavy (non-hydrogen) atoms. The van der Waals surface area contributed by atoms with E-state index in [0.717, 1.165) is 55.9 Å². The third-order valence-corrected chi connectivity index (χ3v) is 12.9. The van der Waals surface area contributed by atoms with E-state index in [1.807, 2.05) is 32.1 Å². The zero-order valence-corrected chi connectivity index (χ0v) is 29.3. The van der Waals surface area contributed by atoms with Gasteiger partial charge in [-0.15, -0.1) is 0 Å². The summed E-state index contributed by atoms with van der Waals surface area (Å²) in [5.41, 5.74) is 0.904. The van der Waals surface area contributed by atoms with Gasteiger partial charge in [0.1, 0.15) is 5.75 Å². The smallest absolute Gasteiger partial charge is 0.264 e. The number of carbonyl (C=O) groups is 1. The lowest BCUT2D eigenvalue weighted by atomic mass is 9.70. The van der Waals surface area contributed by atoms with Crippen molar-refractivity contribution in [2.24, 2.45) is 29.1 Å². The van der Waals surface area contributed by atoms with Gasteiger partial charge in [-0.2, -0.15) is 0 Å². The molecule has 4 aliphatic rings. The van der Waals surface area contributed by atoms with Gasteiger partial charge in [0.05, 0.1) is 36.9 Å². The molecule has 1 fully saturated rings. The lowest BCUT2D eigenvalue weighted by molar-refractivity contribution is -0.0308. The van der Waals surface area contributed by atoms with Crippen molar-refractivity contribution in [2.45, 2.75) is 77.1 Å². The summed E-state index contributed by atoms with van der Waals surface area (Å²) in [4.78, 5) is 15.9. The van der Waals surface area contributed by atoms with E-state index in [1.54, 1.807) is 13.2 Å². The minimum atomic E-state index is -3.93. The topological polar surface area (TPSA) is 94.2 Å². The molecule has 2 aliphatic carbocycles. The van der Waals surface area contributed by atoms with Gasteiger partial charge < -0.3 is 19.1 Å². The molecule has 0 saturated heterocycles. The molecule has 1 saturated carbocycles. The normalized spacial score (nSPS) is 34.0. The lowest BCUT2D eigenvalue weighted by Crippen LogP contribution is -2.44. The molecule has 0 radical (unpaired) electrons. The van der Waals surface area contributed by atoms with E-state index in [0.29, 0.717) is 55.8 Å². The van der Waals surface area contributed by atoms with Gasteiger partial charge >= 0.3 is 0 Å². The van der Waals surface area contributed by atoms with E-state index in [-0.39, 0.29) is 23.4 Å². The second kappa shape index (κ2) is 15.3. The van der Waals surface area contributed by atoms with E-state index in [2.05, 4.69) is 40.8 Å². The Labute approximate surface area is 280 Å². The summed E-state index contributed by atoms with van der Waals surface area (Å²) in [5.74, 6) is 0.880. The van der Waals surface area contributed by atoms with Crippen molar-refractivity contribution in [3.63, 3.8) is 0 Å². The Morgan fingerprint density at radius 3 is 2.74 bits per heavy atom. The van der Waals surface area contributed by atoms with Crippen LogP contribution in [0.5, 0.6) is 5.75 Å². The molecule has 10 heteroatoms. The zero-order valence-electron chi connectivity index (χ0n) is 27.8. The standard InChI is InChI=1S/C36H51ClN2O6S/c1-5-34-25(2)9-8-11-32(44-20-19-43-4)30-14-12-27(30)23-39-18-7-6-10-28-22-29(37)16-17-36(28,3)24-45-33-15-13-26(21-31(33)39)35(40)38-46(34,41)42/h8,11,13,15-17,21-22,25,27-28,30,32,34H,5-7,9-10,12,14,18-20,23-24H2,1-4H3,(H,38,40)/b11-8+/t25-,27-,28?,30+,32-,34+,36?/m0/s1. The molecule has 1 N–H and O–H groups in total. The Morgan fingerprint density at radius 1 is 1.17 bits per heavy atom. The maximum atomic E-state index is 13.6. The Hall–Kier alpha value is -2.33. The average molecular weight is 675 g/mol. The third-order valence-electron chi connectivity index (χ3n) is 10.6. The highest BCUT2D eigenvalue weighted by Crippen LogP contribution is 2.44. The number of hydrogen-bond donors (Lipinski definition) is 1. The van der Waals surface area contributed by atoms with Crippen LogP contribution in [0.25, 0.3) is 0 Å². The van der Waals surface area contributed by atoms with E-state index >= 15 is 0 Å². The van der Waals surface area contributed by atoms with Crippen LogP contribution in [0.3, 0.4) is 0 Å². The maximum absolute atomic E-state index is 13.6. The summed E-state index contributed by atoms with van der Waals surface area (Å²) in [6, 6.07) is 5.33. The predicted octanol–water partition coefficient (Wildman–Crippen LogP) is 6.86. The number of nitrogens with one attached hydrogen (secondary N) is 1. The Morgan fingerprint density at radius 2 is 2.00 bits per heavy atom. The highest BCUT2D eigenvalue weighted by atomic mass is 35.5. The molecule has 8 nitrogen and oxygen atoms in total. The SMILES string of the molecule is CC[C@@H]1[C@@H](C)C/C=C/[C@H](OCCOC)[C@@H]2CC[C@H]2CN2CCCCC3C=C(Cl)C=CC3(C)COc3ccc(cc32)C(=O)NS1(=O)=O. The Bertz CT molecular complexity index is 1430. The number of hydrogen-bond acceptors (Lipinski definition) is 7. The van der Waals surface area contributed by atoms with E-state index in [4.69, 9.17) is 25.8 Å². The van der Waals surface area contributed by atoms with Crippen molar-refractivity contribution in [1.82, 2.24) is 4.72 Å². The minimum Gasteiger partial charge on any atom is -0.490 e. The van der Waals surface area contributed by atoms with E-state index in [1.165, 1.54) is 0 Å². The van der Waals surface area contributed by atoms with E-state index < -0.39 is 21.2 Å². The van der Waals surface area contributed by atoms with Crippen LogP contribution < -0.4 is 14.4 Å². The molecule has 5 rings (SSSR count). The summed E-state index contributed by atoms with van der Waals surface area (Å²) < 4.78 is 47.8. The van der Waals surface area contributed by atoms with Crippen LogP contribution >= 0.6 is 11.6 Å². The van der Waals surface area contributed by atoms with Gasteiger partial charge in [-0.3, -0.25) is 4.79 Å². The molecular weight excluding hydrogens is 624 g/mol. The van der Waals surface area contributed by atoms with Gasteiger partial charge in [0.2, 0.25) is 10.0 Å². The first kappa shape index (κ1) is 35.0. The van der Waals surface area contributed by atoms with Crippen LogP contribution in [-0.2, 0) is 19.5 Å². The van der Waals surface area contributed by atoms with Crippen molar-refractivity contribution in [2.75, 3.05) is 44.9 Å². The average Bonchev–Trinajstić information content (AvgIpc) is 3.02. The number of fused-ring (bicyclic) bond motifs is 3. The minimum absolute atomic E-state index is 0.0808. The number of amides is 1. The molecule has 1 aromatic carbocycles. The molecule has 2 bridgehead atoms. The van der Waals surface area contributed by atoms with Crippen LogP contribution in [0, 0.1) is 29.1 Å². The molecule has 254 valence electrons. The van der Waals surface area contributed by atoms with E-state index in [9.17, 15) is 13.2 Å². The van der Waals surface area contributed by atoms with Crippen LogP contribution in [-0.4, -0.2) is 65.7 Å². The van der Waals surface area contributed by atoms with Crippen LogP contribution in [0.1, 0.15) is 76.1 Å². The molecule has 7 atom stereocenters. The number of carbonyl (C=O) groups excluding carboxylic acids is 1. The van der Waals surface area contributed by atoms with Crippen LogP contribution in [0.15, 0.2) is 53.6 Å². The molecular formula is C36H51ClN2O6S. The van der Waals surface area contributed by atoms with Crippen molar-refractivity contribution in [3.05, 3.63) is 59.2 Å². The Balaban J connectivity index is 1.54. The quantitative estimate of drug-likeness (QED) is 0.269. The number of nitrogens with zero attached hydrogens (tertiary/aromatic N) is 1. The van der Waals surface area contributed by atoms with Gasteiger partial charge in [-0.25, -0.2) is 13.1 Å². The van der Waals surface area contributed by atoms with Gasteiger partial charge in [0, 0.05) is 36.2 Å². The van der Waals surface area contributed by atoms with Crippen molar-refractivity contribution in [1.29, 1.82) is 0 Å². The summed E-state index contributed by atoms with van der Waals surface area (Å²) in [5, 5.41) is 0.0549. The van der Waals surface area contributed by atoms with Crippen molar-refractivity contribution < 1.29 is 27.4 Å². The molecule has 1 aromatic rings. The predicted molar refractivity (Wildman–Crippen MR) is 184 cm³/mol. The molecule has 2 heterocycles. The second-order valence-corrected chi connectivity index (χ2v) is 16.1. The lowest BCUT2D eigenvalue weighted by Gasteiger charge is -2.44. The maximum Gasteiger partial charge on any atom is 0.264 e. The molecule has 1 amide bonds.